The van der Waals surface area contributed by atoms with E-state index in [-0.39, 0.29) is 0 Å². The highest BCUT2D eigenvalue weighted by atomic mass is 16.3. The lowest BCUT2D eigenvalue weighted by molar-refractivity contribution is 0.669. The summed E-state index contributed by atoms with van der Waals surface area (Å²) in [5.41, 5.74) is 14.6. The molecule has 0 atom stereocenters. The number of fused-ring (bicyclic) bond motifs is 6. The Morgan fingerprint density at radius 2 is 0.742 bits per heavy atom. The van der Waals surface area contributed by atoms with Gasteiger partial charge in [-0.25, -0.2) is 15.0 Å². The SMILES string of the molecule is c1ccc(-c2cccc(-c3nc(-c4ccc(-n5c6ccccc6c6ccc(-c7ccc8oc9ccccc9c8c7)cc65)cc4)nc(-c4cccc(-c5ccccc5)c4)n3)c2)cc1. The highest BCUT2D eigenvalue weighted by Crippen LogP contribution is 2.38. The lowest BCUT2D eigenvalue weighted by atomic mass is 10.0. The minimum absolute atomic E-state index is 0.610. The summed E-state index contributed by atoms with van der Waals surface area (Å²) in [5.74, 6) is 1.85. The molecule has 0 fully saturated rings. The number of furan rings is 1. The maximum atomic E-state index is 6.16. The first-order valence-corrected chi connectivity index (χ1v) is 20.8. The fourth-order valence-electron chi connectivity index (χ4n) is 8.79. The summed E-state index contributed by atoms with van der Waals surface area (Å²) >= 11 is 0. The average Bonchev–Trinajstić information content (AvgIpc) is 3.89. The minimum Gasteiger partial charge on any atom is -0.456 e. The maximum absolute atomic E-state index is 6.16. The van der Waals surface area contributed by atoms with Crippen molar-refractivity contribution in [3.8, 4) is 73.2 Å². The van der Waals surface area contributed by atoms with Gasteiger partial charge in [0.05, 0.1) is 11.0 Å². The van der Waals surface area contributed by atoms with Crippen molar-refractivity contribution < 1.29 is 4.42 Å². The van der Waals surface area contributed by atoms with E-state index in [1.807, 2.05) is 24.3 Å². The third kappa shape index (κ3) is 6.23. The Bertz CT molecular complexity index is 3520. The third-order valence-electron chi connectivity index (χ3n) is 11.9. The van der Waals surface area contributed by atoms with Crippen LogP contribution in [0.2, 0.25) is 0 Å². The Morgan fingerprint density at radius 1 is 0.274 bits per heavy atom. The van der Waals surface area contributed by atoms with Crippen LogP contribution in [0.25, 0.3) is 117 Å². The Kier molecular flexibility index (Phi) is 8.42. The minimum atomic E-state index is 0.610. The van der Waals surface area contributed by atoms with Gasteiger partial charge < -0.3 is 8.98 Å². The molecule has 0 spiro atoms. The lowest BCUT2D eigenvalue weighted by Crippen LogP contribution is -2.01. The number of benzene rings is 9. The molecule has 0 amide bonds. The van der Waals surface area contributed by atoms with Crippen molar-refractivity contribution in [3.05, 3.63) is 218 Å². The monoisotopic (exact) mass is 792 g/mol. The normalized spacial score (nSPS) is 11.5. The van der Waals surface area contributed by atoms with Gasteiger partial charge in [0.1, 0.15) is 11.2 Å². The van der Waals surface area contributed by atoms with E-state index in [4.69, 9.17) is 19.4 Å². The molecule has 0 unspecified atom stereocenters. The number of aromatic nitrogens is 4. The molecule has 9 aromatic carbocycles. The molecular weight excluding hydrogens is 757 g/mol. The molecule has 5 nitrogen and oxygen atoms in total. The molecular formula is C57H36N4O. The van der Waals surface area contributed by atoms with E-state index >= 15 is 0 Å². The van der Waals surface area contributed by atoms with Crippen molar-refractivity contribution in [1.82, 2.24) is 19.5 Å². The van der Waals surface area contributed by atoms with Gasteiger partial charge in [0.25, 0.3) is 0 Å². The quantitative estimate of drug-likeness (QED) is 0.161. The fraction of sp³-hybridized carbons (Fsp3) is 0. The first-order chi connectivity index (χ1) is 30.7. The topological polar surface area (TPSA) is 56.7 Å². The summed E-state index contributed by atoms with van der Waals surface area (Å²) < 4.78 is 8.52. The Balaban J connectivity index is 0.975. The van der Waals surface area contributed by atoms with Crippen molar-refractivity contribution in [2.45, 2.75) is 0 Å². The van der Waals surface area contributed by atoms with Gasteiger partial charge in [-0.3, -0.25) is 0 Å². The van der Waals surface area contributed by atoms with Crippen molar-refractivity contribution in [2.24, 2.45) is 0 Å². The Morgan fingerprint density at radius 3 is 1.42 bits per heavy atom. The second-order valence-electron chi connectivity index (χ2n) is 15.6. The van der Waals surface area contributed by atoms with E-state index in [0.29, 0.717) is 17.5 Å². The van der Waals surface area contributed by atoms with E-state index in [0.717, 1.165) is 88.7 Å². The smallest absolute Gasteiger partial charge is 0.164 e. The maximum Gasteiger partial charge on any atom is 0.164 e. The van der Waals surface area contributed by atoms with Gasteiger partial charge in [-0.05, 0) is 100 Å². The van der Waals surface area contributed by atoms with E-state index in [2.05, 4.69) is 199 Å². The molecule has 12 aromatic rings. The van der Waals surface area contributed by atoms with Crippen LogP contribution in [0, 0.1) is 0 Å². The van der Waals surface area contributed by atoms with Crippen LogP contribution in [0.5, 0.6) is 0 Å². The summed E-state index contributed by atoms with van der Waals surface area (Å²) in [5, 5.41) is 4.65. The molecule has 0 radical (unpaired) electrons. The zero-order chi connectivity index (χ0) is 41.0. The summed E-state index contributed by atoms with van der Waals surface area (Å²) in [6, 6.07) is 76.4. The molecule has 3 aromatic heterocycles. The summed E-state index contributed by atoms with van der Waals surface area (Å²) in [4.78, 5) is 15.4. The van der Waals surface area contributed by atoms with E-state index < -0.39 is 0 Å². The van der Waals surface area contributed by atoms with E-state index in [9.17, 15) is 0 Å². The Hall–Kier alpha value is -8.41. The largest absolute Gasteiger partial charge is 0.456 e. The van der Waals surface area contributed by atoms with Crippen LogP contribution in [0.15, 0.2) is 223 Å². The predicted octanol–water partition coefficient (Wildman–Crippen LogP) is 14.9. The van der Waals surface area contributed by atoms with E-state index in [1.54, 1.807) is 0 Å². The lowest BCUT2D eigenvalue weighted by Gasteiger charge is -2.12. The molecule has 0 aliphatic carbocycles. The number of nitrogens with zero attached hydrogens (tertiary/aromatic N) is 4. The molecule has 0 aliphatic rings. The van der Waals surface area contributed by atoms with Crippen molar-refractivity contribution in [2.75, 3.05) is 0 Å². The standard InChI is InChI=1S/C57H36N4O/c1-3-13-37(14-4-1)40-17-11-19-44(33-40)56-58-55(59-57(60-56)45-20-12-18-41(34-45)38-15-5-2-6-16-38)39-25-29-46(30-26-39)61-51-23-9-7-21-47(51)48-31-27-43(36-52(48)61)42-28-32-54-50(35-42)49-22-8-10-24-53(49)62-54/h1-36H. The van der Waals surface area contributed by atoms with Gasteiger partial charge in [-0.1, -0.05) is 152 Å². The molecule has 0 saturated carbocycles. The van der Waals surface area contributed by atoms with Crippen LogP contribution >= 0.6 is 0 Å². The van der Waals surface area contributed by atoms with Crippen LogP contribution in [0.4, 0.5) is 0 Å². The molecule has 62 heavy (non-hydrogen) atoms. The third-order valence-corrected chi connectivity index (χ3v) is 11.9. The Labute approximate surface area is 357 Å². The van der Waals surface area contributed by atoms with Crippen molar-refractivity contribution in [3.63, 3.8) is 0 Å². The van der Waals surface area contributed by atoms with Crippen LogP contribution < -0.4 is 0 Å². The summed E-state index contributed by atoms with van der Waals surface area (Å²) in [6.07, 6.45) is 0. The van der Waals surface area contributed by atoms with Gasteiger partial charge >= 0.3 is 0 Å². The number of para-hydroxylation sites is 2. The fourth-order valence-corrected chi connectivity index (χ4v) is 8.79. The van der Waals surface area contributed by atoms with Crippen LogP contribution in [0.3, 0.4) is 0 Å². The number of rotatable bonds is 7. The first kappa shape index (κ1) is 35.5. The zero-order valence-electron chi connectivity index (χ0n) is 33.5. The highest BCUT2D eigenvalue weighted by molar-refractivity contribution is 6.11. The van der Waals surface area contributed by atoms with E-state index in [1.165, 1.54) is 10.8 Å². The van der Waals surface area contributed by atoms with Gasteiger partial charge in [0.2, 0.25) is 0 Å². The van der Waals surface area contributed by atoms with Crippen LogP contribution in [-0.4, -0.2) is 19.5 Å². The molecule has 3 heterocycles. The molecule has 0 aliphatic heterocycles. The van der Waals surface area contributed by atoms with Gasteiger partial charge in [-0.15, -0.1) is 0 Å². The highest BCUT2D eigenvalue weighted by Gasteiger charge is 2.17. The van der Waals surface area contributed by atoms with Crippen molar-refractivity contribution in [1.29, 1.82) is 0 Å². The molecule has 0 bridgehead atoms. The van der Waals surface area contributed by atoms with Crippen molar-refractivity contribution >= 4 is 43.7 Å². The van der Waals surface area contributed by atoms with Gasteiger partial charge in [0.15, 0.2) is 17.5 Å². The number of hydrogen-bond acceptors (Lipinski definition) is 4. The van der Waals surface area contributed by atoms with Gasteiger partial charge in [-0.2, -0.15) is 0 Å². The molecule has 12 rings (SSSR count). The summed E-state index contributed by atoms with van der Waals surface area (Å²) in [7, 11) is 0. The van der Waals surface area contributed by atoms with Crippen LogP contribution in [0.1, 0.15) is 0 Å². The molecule has 0 N–H and O–H groups in total. The van der Waals surface area contributed by atoms with Gasteiger partial charge in [0, 0.05) is 43.9 Å². The average molecular weight is 793 g/mol. The molecule has 5 heteroatoms. The number of hydrogen-bond donors (Lipinski definition) is 0. The predicted molar refractivity (Wildman–Crippen MR) is 254 cm³/mol. The molecule has 290 valence electrons. The zero-order valence-corrected chi connectivity index (χ0v) is 33.5. The summed E-state index contributed by atoms with van der Waals surface area (Å²) in [6.45, 7) is 0. The molecule has 0 saturated heterocycles. The van der Waals surface area contributed by atoms with Crippen LogP contribution in [-0.2, 0) is 0 Å². The second kappa shape index (κ2) is 14.7. The second-order valence-corrected chi connectivity index (χ2v) is 15.6. The first-order valence-electron chi connectivity index (χ1n) is 20.8.